The van der Waals surface area contributed by atoms with Crippen LogP contribution in [0, 0.1) is 11.8 Å². The molecule has 0 radical (unpaired) electrons. The number of nitrogens with two attached hydrogens (primary N) is 1. The van der Waals surface area contributed by atoms with Crippen LogP contribution in [0.25, 0.3) is 5.76 Å². The minimum Gasteiger partial charge on any atom is -0.508 e. The van der Waals surface area contributed by atoms with Crippen molar-refractivity contribution in [2.45, 2.75) is 30.3 Å². The maximum absolute atomic E-state index is 13.7. The van der Waals surface area contributed by atoms with Gasteiger partial charge in [0, 0.05) is 10.6 Å². The number of hydrogen-bond acceptors (Lipinski definition) is 10. The summed E-state index contributed by atoms with van der Waals surface area (Å²) in [6.07, 6.45) is -1.94. The summed E-state index contributed by atoms with van der Waals surface area (Å²) in [5.41, 5.74) is -2.33. The topological polar surface area (TPSA) is 202 Å². The van der Waals surface area contributed by atoms with Crippen LogP contribution in [-0.4, -0.2) is 84.9 Å². The zero-order valence-corrected chi connectivity index (χ0v) is 19.0. The van der Waals surface area contributed by atoms with Crippen LogP contribution in [0.2, 0.25) is 5.02 Å². The summed E-state index contributed by atoms with van der Waals surface area (Å²) in [5, 5.41) is 66.6. The molecule has 34 heavy (non-hydrogen) atoms. The molecule has 182 valence electrons. The maximum atomic E-state index is 13.7. The molecule has 1 aromatic rings. The molecule has 0 spiro atoms. The van der Waals surface area contributed by atoms with Gasteiger partial charge in [0.1, 0.15) is 22.8 Å². The molecule has 1 aromatic carbocycles. The van der Waals surface area contributed by atoms with E-state index in [9.17, 15) is 45.0 Å². The molecule has 1 amide bonds. The van der Waals surface area contributed by atoms with Gasteiger partial charge in [-0.05, 0) is 33.2 Å². The number of ketones is 2. The number of aliphatic hydroxyl groups excluding tert-OH is 3. The minimum atomic E-state index is -3.06. The van der Waals surface area contributed by atoms with Gasteiger partial charge in [-0.25, -0.2) is 0 Å². The van der Waals surface area contributed by atoms with Crippen molar-refractivity contribution < 1.29 is 45.0 Å². The number of benzene rings is 1. The van der Waals surface area contributed by atoms with Crippen molar-refractivity contribution in [2.24, 2.45) is 17.6 Å². The fraction of sp³-hybridized carbons (Fsp3) is 0.409. The van der Waals surface area contributed by atoms with Gasteiger partial charge in [-0.2, -0.15) is 0 Å². The number of amides is 1. The molecular weight excluding hydrogens is 472 g/mol. The van der Waals surface area contributed by atoms with Crippen LogP contribution in [0.5, 0.6) is 5.75 Å². The molecular formula is C22H23ClN2O9. The van der Waals surface area contributed by atoms with E-state index in [0.717, 1.165) is 6.07 Å². The van der Waals surface area contributed by atoms with Crippen molar-refractivity contribution in [1.29, 1.82) is 0 Å². The Morgan fingerprint density at radius 2 is 1.74 bits per heavy atom. The Hall–Kier alpha value is -2.96. The van der Waals surface area contributed by atoms with Gasteiger partial charge >= 0.3 is 0 Å². The Morgan fingerprint density at radius 1 is 1.15 bits per heavy atom. The number of carbonyl (C=O) groups is 3. The van der Waals surface area contributed by atoms with Crippen molar-refractivity contribution in [3.63, 3.8) is 0 Å². The summed E-state index contributed by atoms with van der Waals surface area (Å²) in [6.45, 7) is 1.19. The van der Waals surface area contributed by atoms with E-state index in [1.807, 2.05) is 0 Å². The number of Topliss-reactive ketones (excluding diaryl/α,β-unsaturated/α-hetero) is 2. The quantitative estimate of drug-likeness (QED) is 0.256. The highest BCUT2D eigenvalue weighted by atomic mass is 35.5. The number of aliphatic hydroxyl groups is 5. The molecule has 0 aromatic heterocycles. The summed E-state index contributed by atoms with van der Waals surface area (Å²) < 4.78 is 0. The van der Waals surface area contributed by atoms with Crippen LogP contribution >= 0.6 is 11.6 Å². The van der Waals surface area contributed by atoms with Crippen LogP contribution in [0.4, 0.5) is 0 Å². The molecule has 0 saturated heterocycles. The van der Waals surface area contributed by atoms with E-state index in [4.69, 9.17) is 17.3 Å². The molecule has 1 fully saturated rings. The molecule has 0 heterocycles. The fourth-order valence-electron chi connectivity index (χ4n) is 5.68. The number of nitrogens with zero attached hydrogens (tertiary/aromatic N) is 1. The first-order valence-corrected chi connectivity index (χ1v) is 10.6. The highest BCUT2D eigenvalue weighted by Crippen LogP contribution is 2.58. The van der Waals surface area contributed by atoms with E-state index in [1.54, 1.807) is 0 Å². The van der Waals surface area contributed by atoms with E-state index in [2.05, 4.69) is 0 Å². The zero-order chi connectivity index (χ0) is 25.7. The lowest BCUT2D eigenvalue weighted by Gasteiger charge is -2.55. The molecule has 0 bridgehead atoms. The number of halogens is 1. The van der Waals surface area contributed by atoms with E-state index in [-0.39, 0.29) is 10.6 Å². The van der Waals surface area contributed by atoms with Gasteiger partial charge in [-0.15, -0.1) is 0 Å². The average molecular weight is 495 g/mol. The van der Waals surface area contributed by atoms with Gasteiger partial charge in [0.25, 0.3) is 5.91 Å². The van der Waals surface area contributed by atoms with Gasteiger partial charge in [-0.1, -0.05) is 11.6 Å². The highest BCUT2D eigenvalue weighted by molar-refractivity contribution is 6.32. The molecule has 3 aliphatic rings. The molecule has 1 saturated carbocycles. The Bertz CT molecular complexity index is 1230. The first kappa shape index (κ1) is 24.2. The lowest BCUT2D eigenvalue weighted by molar-refractivity contribution is -0.181. The average Bonchev–Trinajstić information content (AvgIpc) is 2.72. The number of likely N-dealkylation sites (N-methyl/N-ethyl adjacent to an activating group) is 1. The molecule has 6 atom stereocenters. The number of phenols is 1. The lowest BCUT2D eigenvalue weighted by atomic mass is 9.53. The Morgan fingerprint density at radius 3 is 2.26 bits per heavy atom. The van der Waals surface area contributed by atoms with Crippen LogP contribution in [0.1, 0.15) is 18.1 Å². The number of aromatic hydroxyl groups is 1. The van der Waals surface area contributed by atoms with Crippen LogP contribution in [0.3, 0.4) is 0 Å². The Labute approximate surface area is 198 Å². The smallest absolute Gasteiger partial charge is 0.255 e. The summed E-state index contributed by atoms with van der Waals surface area (Å²) in [6, 6.07) is 0.832. The van der Waals surface area contributed by atoms with E-state index in [1.165, 1.54) is 32.0 Å². The summed E-state index contributed by atoms with van der Waals surface area (Å²) >= 11 is 6.24. The largest absolute Gasteiger partial charge is 0.508 e. The highest BCUT2D eigenvalue weighted by Gasteiger charge is 2.70. The Balaban J connectivity index is 2.13. The third kappa shape index (κ3) is 2.70. The van der Waals surface area contributed by atoms with Crippen LogP contribution in [-0.2, 0) is 20.0 Å². The molecule has 8 N–H and O–H groups in total. The molecule has 11 nitrogen and oxygen atoms in total. The summed E-state index contributed by atoms with van der Waals surface area (Å²) in [4.78, 5) is 40.0. The fourth-order valence-corrected chi connectivity index (χ4v) is 6.02. The third-order valence-corrected chi connectivity index (χ3v) is 7.40. The van der Waals surface area contributed by atoms with E-state index < -0.39 is 86.6 Å². The molecule has 12 heteroatoms. The van der Waals surface area contributed by atoms with Crippen molar-refractivity contribution in [1.82, 2.24) is 4.90 Å². The second-order valence-electron chi connectivity index (χ2n) is 9.18. The van der Waals surface area contributed by atoms with Crippen molar-refractivity contribution >= 4 is 34.8 Å². The van der Waals surface area contributed by atoms with Crippen molar-refractivity contribution in [2.75, 3.05) is 14.1 Å². The standard InChI is InChI=1S/C22H23ClN2O9/c1-21(33)11-6(23)4-5-7(26)8(11)15(27)9-12(21)17(29)13-14(25(2)3)16(28)10(20(24)32)19(31)22(13,34)18(9)30/h4-5,12-14,17,26-27,29,31,33-34H,1-3H3,(H2,24,32)/t12-,13-,14+,17?,21-,22+/m1/s1. The number of fused-ring (bicyclic) bond motifs is 3. The molecule has 0 aliphatic heterocycles. The molecule has 3 aliphatic carbocycles. The molecule has 4 rings (SSSR count). The first-order valence-electron chi connectivity index (χ1n) is 10.2. The van der Waals surface area contributed by atoms with E-state index in [0.29, 0.717) is 0 Å². The third-order valence-electron chi connectivity index (χ3n) is 7.09. The Kier molecular flexibility index (Phi) is 5.17. The number of carbonyl (C=O) groups excluding carboxylic acids is 3. The summed E-state index contributed by atoms with van der Waals surface area (Å²) in [5.74, 6) is -10.1. The van der Waals surface area contributed by atoms with Crippen molar-refractivity contribution in [3.8, 4) is 5.75 Å². The minimum absolute atomic E-state index is 0.0912. The van der Waals surface area contributed by atoms with Gasteiger partial charge in [-0.3, -0.25) is 19.3 Å². The zero-order valence-electron chi connectivity index (χ0n) is 18.3. The van der Waals surface area contributed by atoms with Crippen LogP contribution < -0.4 is 5.73 Å². The number of hydrogen-bond donors (Lipinski definition) is 7. The number of rotatable bonds is 2. The predicted molar refractivity (Wildman–Crippen MR) is 117 cm³/mol. The monoisotopic (exact) mass is 494 g/mol. The van der Waals surface area contributed by atoms with E-state index >= 15 is 0 Å². The number of phenolic OH excluding ortho intramolecular Hbond substituents is 1. The SMILES string of the molecule is CN(C)[C@@H]1C(=O)C(C(N)=O)=C(O)[C@@]2(O)C(=O)C3=C(O)c4c(O)ccc(Cl)c4[C@@](C)(O)[C@H]3C(O)[C@@H]12. The second kappa shape index (κ2) is 7.27. The van der Waals surface area contributed by atoms with Crippen molar-refractivity contribution in [3.05, 3.63) is 45.2 Å². The summed E-state index contributed by atoms with van der Waals surface area (Å²) in [7, 11) is 2.76. The normalized spacial score (nSPS) is 35.3. The number of primary amides is 1. The van der Waals surface area contributed by atoms with Crippen LogP contribution in [0.15, 0.2) is 29.0 Å². The maximum Gasteiger partial charge on any atom is 0.255 e. The lowest BCUT2D eigenvalue weighted by Crippen LogP contribution is -2.71. The van der Waals surface area contributed by atoms with Gasteiger partial charge in [0.05, 0.1) is 40.7 Å². The van der Waals surface area contributed by atoms with Gasteiger partial charge in [0.15, 0.2) is 11.4 Å². The molecule has 1 unspecified atom stereocenters. The van der Waals surface area contributed by atoms with Gasteiger partial charge < -0.3 is 36.4 Å². The first-order chi connectivity index (χ1) is 15.6. The van der Waals surface area contributed by atoms with Gasteiger partial charge in [0.2, 0.25) is 5.78 Å². The predicted octanol–water partition coefficient (Wildman–Crippen LogP) is -0.747. The second-order valence-corrected chi connectivity index (χ2v) is 9.58.